The SMILES string of the molecule is C=C(C)C(=O)OCCCCCCCCOc1ccc(C(=O)Oc2ccc(/C=C/C(=O)c3ccccc3)cc2)cc1. The zero-order chi connectivity index (χ0) is 28.6. The quantitative estimate of drug-likeness (QED) is 0.0611. The van der Waals surface area contributed by atoms with E-state index in [9.17, 15) is 14.4 Å². The fourth-order valence-electron chi connectivity index (χ4n) is 3.76. The molecule has 3 aromatic carbocycles. The summed E-state index contributed by atoms with van der Waals surface area (Å²) in [6, 6.07) is 22.9. The molecule has 0 saturated heterocycles. The molecule has 0 aromatic heterocycles. The molecule has 0 amide bonds. The Balaban J connectivity index is 1.31. The van der Waals surface area contributed by atoms with Crippen molar-refractivity contribution in [2.45, 2.75) is 45.4 Å². The van der Waals surface area contributed by atoms with E-state index in [0.717, 1.165) is 44.1 Å². The lowest BCUT2D eigenvalue weighted by atomic mass is 10.1. The molecule has 208 valence electrons. The summed E-state index contributed by atoms with van der Waals surface area (Å²) < 4.78 is 16.3. The van der Waals surface area contributed by atoms with E-state index in [1.165, 1.54) is 6.08 Å². The van der Waals surface area contributed by atoms with Crippen LogP contribution in [-0.4, -0.2) is 30.9 Å². The lowest BCUT2D eigenvalue weighted by Gasteiger charge is -2.08. The number of ether oxygens (including phenoxy) is 3. The van der Waals surface area contributed by atoms with Crippen molar-refractivity contribution in [2.75, 3.05) is 13.2 Å². The zero-order valence-corrected chi connectivity index (χ0v) is 23.0. The van der Waals surface area contributed by atoms with Crippen molar-refractivity contribution in [3.05, 3.63) is 114 Å². The molecule has 3 rings (SSSR count). The molecule has 0 bridgehead atoms. The number of carbonyl (C=O) groups excluding carboxylic acids is 3. The third kappa shape index (κ3) is 10.7. The third-order valence-corrected chi connectivity index (χ3v) is 6.06. The van der Waals surface area contributed by atoms with E-state index in [-0.39, 0.29) is 11.8 Å². The van der Waals surface area contributed by atoms with Crippen molar-refractivity contribution in [3.8, 4) is 11.5 Å². The van der Waals surface area contributed by atoms with Crippen LogP contribution < -0.4 is 9.47 Å². The summed E-state index contributed by atoms with van der Waals surface area (Å²) in [6.07, 6.45) is 9.35. The molecule has 0 radical (unpaired) electrons. The van der Waals surface area contributed by atoms with Crippen LogP contribution in [0.5, 0.6) is 11.5 Å². The monoisotopic (exact) mass is 540 g/mol. The Morgan fingerprint density at radius 1 is 0.700 bits per heavy atom. The lowest BCUT2D eigenvalue weighted by molar-refractivity contribution is -0.139. The summed E-state index contributed by atoms with van der Waals surface area (Å²) in [5.41, 5.74) is 2.32. The largest absolute Gasteiger partial charge is 0.494 e. The number of rotatable bonds is 16. The third-order valence-electron chi connectivity index (χ3n) is 6.06. The Kier molecular flexibility index (Phi) is 12.4. The summed E-state index contributed by atoms with van der Waals surface area (Å²) >= 11 is 0. The molecule has 0 N–H and O–H groups in total. The predicted molar refractivity (Wildman–Crippen MR) is 157 cm³/mol. The molecule has 0 aliphatic heterocycles. The number of hydrogen-bond acceptors (Lipinski definition) is 6. The highest BCUT2D eigenvalue weighted by molar-refractivity contribution is 6.06. The van der Waals surface area contributed by atoms with Gasteiger partial charge in [0.1, 0.15) is 11.5 Å². The number of allylic oxidation sites excluding steroid dienone is 1. The average Bonchev–Trinajstić information content (AvgIpc) is 2.98. The molecule has 40 heavy (non-hydrogen) atoms. The van der Waals surface area contributed by atoms with Crippen LogP contribution in [0.4, 0.5) is 0 Å². The molecular weight excluding hydrogens is 504 g/mol. The van der Waals surface area contributed by atoms with Gasteiger partial charge in [0.05, 0.1) is 18.8 Å². The maximum Gasteiger partial charge on any atom is 0.343 e. The number of benzene rings is 3. The van der Waals surface area contributed by atoms with Crippen molar-refractivity contribution in [1.82, 2.24) is 0 Å². The highest BCUT2D eigenvalue weighted by Gasteiger charge is 2.09. The van der Waals surface area contributed by atoms with Crippen molar-refractivity contribution < 1.29 is 28.6 Å². The summed E-state index contributed by atoms with van der Waals surface area (Å²) in [5.74, 6) is 0.275. The van der Waals surface area contributed by atoms with Crippen molar-refractivity contribution in [3.63, 3.8) is 0 Å². The smallest absolute Gasteiger partial charge is 0.343 e. The standard InChI is InChI=1S/C34H36O6/c1-26(2)33(36)39-25-11-6-4-3-5-10-24-38-30-21-17-29(18-22-30)34(37)40-31-19-14-27(15-20-31)16-23-32(35)28-12-8-7-9-13-28/h7-9,12-23H,1,3-6,10-11,24-25H2,2H3/b23-16+. The maximum atomic E-state index is 12.5. The topological polar surface area (TPSA) is 78.9 Å². The van der Waals surface area contributed by atoms with E-state index in [4.69, 9.17) is 14.2 Å². The molecular formula is C34H36O6. The van der Waals surface area contributed by atoms with Crippen LogP contribution in [0, 0.1) is 0 Å². The van der Waals surface area contributed by atoms with Crippen LogP contribution in [0.3, 0.4) is 0 Å². The average molecular weight is 541 g/mol. The summed E-state index contributed by atoms with van der Waals surface area (Å²) in [6.45, 7) is 6.26. The van der Waals surface area contributed by atoms with Gasteiger partial charge in [0, 0.05) is 11.1 Å². The molecule has 0 heterocycles. The zero-order valence-electron chi connectivity index (χ0n) is 23.0. The Labute approximate surface area is 236 Å². The van der Waals surface area contributed by atoms with E-state index in [0.29, 0.717) is 41.4 Å². The van der Waals surface area contributed by atoms with Gasteiger partial charge in [-0.3, -0.25) is 4.79 Å². The van der Waals surface area contributed by atoms with Crippen LogP contribution in [0.2, 0.25) is 0 Å². The molecule has 0 spiro atoms. The van der Waals surface area contributed by atoms with Crippen LogP contribution in [0.15, 0.2) is 97.1 Å². The van der Waals surface area contributed by atoms with Gasteiger partial charge in [0.25, 0.3) is 0 Å². The highest BCUT2D eigenvalue weighted by atomic mass is 16.5. The normalized spacial score (nSPS) is 10.7. The minimum atomic E-state index is -0.455. The van der Waals surface area contributed by atoms with Gasteiger partial charge in [-0.25, -0.2) is 9.59 Å². The van der Waals surface area contributed by atoms with Crippen molar-refractivity contribution in [2.24, 2.45) is 0 Å². The first-order valence-corrected chi connectivity index (χ1v) is 13.6. The summed E-state index contributed by atoms with van der Waals surface area (Å²) in [4.78, 5) is 36.0. The first-order chi connectivity index (χ1) is 19.4. The molecule has 0 fully saturated rings. The van der Waals surface area contributed by atoms with E-state index in [2.05, 4.69) is 6.58 Å². The van der Waals surface area contributed by atoms with E-state index in [1.54, 1.807) is 73.7 Å². The molecule has 0 aliphatic rings. The van der Waals surface area contributed by atoms with Gasteiger partial charge in [0.2, 0.25) is 0 Å². The Bertz CT molecular complexity index is 1270. The lowest BCUT2D eigenvalue weighted by Crippen LogP contribution is -2.08. The number of ketones is 1. The van der Waals surface area contributed by atoms with Gasteiger partial charge >= 0.3 is 11.9 Å². The van der Waals surface area contributed by atoms with Gasteiger partial charge in [0.15, 0.2) is 5.78 Å². The van der Waals surface area contributed by atoms with Gasteiger partial charge in [-0.2, -0.15) is 0 Å². The Morgan fingerprint density at radius 2 is 1.30 bits per heavy atom. The fourth-order valence-corrected chi connectivity index (χ4v) is 3.76. The summed E-state index contributed by atoms with van der Waals surface area (Å²) in [5, 5.41) is 0. The van der Waals surface area contributed by atoms with Crippen LogP contribution in [-0.2, 0) is 9.53 Å². The molecule has 6 heteroatoms. The second kappa shape index (κ2) is 16.5. The Morgan fingerprint density at radius 3 is 1.95 bits per heavy atom. The molecule has 0 atom stereocenters. The number of esters is 2. The number of carbonyl (C=O) groups is 3. The van der Waals surface area contributed by atoms with Gasteiger partial charge in [-0.1, -0.05) is 80.8 Å². The second-order valence-corrected chi connectivity index (χ2v) is 9.43. The number of unbranched alkanes of at least 4 members (excludes halogenated alkanes) is 5. The summed E-state index contributed by atoms with van der Waals surface area (Å²) in [7, 11) is 0. The molecule has 3 aromatic rings. The predicted octanol–water partition coefficient (Wildman–Crippen LogP) is 7.64. The first kappa shape index (κ1) is 30.1. The second-order valence-electron chi connectivity index (χ2n) is 9.43. The minimum Gasteiger partial charge on any atom is -0.494 e. The van der Waals surface area contributed by atoms with E-state index >= 15 is 0 Å². The first-order valence-electron chi connectivity index (χ1n) is 13.6. The fraction of sp³-hybridized carbons (Fsp3) is 0.265. The maximum absolute atomic E-state index is 12.5. The van der Waals surface area contributed by atoms with Crippen molar-refractivity contribution in [1.29, 1.82) is 0 Å². The van der Waals surface area contributed by atoms with Crippen LogP contribution >= 0.6 is 0 Å². The van der Waals surface area contributed by atoms with Gasteiger partial charge in [-0.05, 0) is 67.8 Å². The Hall–Kier alpha value is -4.45. The van der Waals surface area contributed by atoms with E-state index in [1.807, 2.05) is 18.2 Å². The van der Waals surface area contributed by atoms with Crippen LogP contribution in [0.1, 0.15) is 71.7 Å². The van der Waals surface area contributed by atoms with Gasteiger partial charge in [-0.15, -0.1) is 0 Å². The van der Waals surface area contributed by atoms with Crippen LogP contribution in [0.25, 0.3) is 6.08 Å². The van der Waals surface area contributed by atoms with Crippen molar-refractivity contribution >= 4 is 23.8 Å². The van der Waals surface area contributed by atoms with Gasteiger partial charge < -0.3 is 14.2 Å². The molecule has 0 saturated carbocycles. The molecule has 0 unspecified atom stereocenters. The minimum absolute atomic E-state index is 0.0731. The molecule has 6 nitrogen and oxygen atoms in total. The van der Waals surface area contributed by atoms with E-state index < -0.39 is 5.97 Å². The molecule has 0 aliphatic carbocycles. The number of hydrogen-bond donors (Lipinski definition) is 0. The highest BCUT2D eigenvalue weighted by Crippen LogP contribution is 2.18.